The molecule has 0 unspecified atom stereocenters. The second-order valence-corrected chi connectivity index (χ2v) is 10.8. The van der Waals surface area contributed by atoms with Gasteiger partial charge in [-0.15, -0.1) is 0 Å². The number of rotatable bonds is 19. The van der Waals surface area contributed by atoms with Gasteiger partial charge in [-0.2, -0.15) is 0 Å². The van der Waals surface area contributed by atoms with E-state index < -0.39 is 25.2 Å². The molecule has 1 saturated carbocycles. The van der Waals surface area contributed by atoms with Crippen LogP contribution in [0.4, 0.5) is 0 Å². The van der Waals surface area contributed by atoms with Crippen LogP contribution in [0.2, 0.25) is 0 Å². The molecule has 1 aliphatic carbocycles. The fourth-order valence-electron chi connectivity index (χ4n) is 4.88. The van der Waals surface area contributed by atoms with Gasteiger partial charge in [0.2, 0.25) is 0 Å². The zero-order valence-corrected chi connectivity index (χ0v) is 23.8. The maximum Gasteiger partial charge on any atom is 0.341 e. The molecule has 0 atom stereocenters. The van der Waals surface area contributed by atoms with Crippen LogP contribution in [-0.4, -0.2) is 42.0 Å². The van der Waals surface area contributed by atoms with Gasteiger partial charge in [-0.25, -0.2) is 9.59 Å². The van der Waals surface area contributed by atoms with Gasteiger partial charge in [0, 0.05) is 18.2 Å². The molecule has 0 spiro atoms. The highest BCUT2D eigenvalue weighted by Crippen LogP contribution is 2.34. The summed E-state index contributed by atoms with van der Waals surface area (Å²) in [7, 11) is 0. The molecular formula is C32H48O7. The lowest BCUT2D eigenvalue weighted by Gasteiger charge is -2.28. The lowest BCUT2D eigenvalue weighted by Crippen LogP contribution is -2.20. The van der Waals surface area contributed by atoms with Gasteiger partial charge in [0.25, 0.3) is 0 Å². The summed E-state index contributed by atoms with van der Waals surface area (Å²) >= 11 is 0. The maximum atomic E-state index is 12.1. The minimum Gasteiger partial charge on any atom is -0.493 e. The van der Waals surface area contributed by atoms with Gasteiger partial charge in [-0.05, 0) is 24.7 Å². The van der Waals surface area contributed by atoms with Gasteiger partial charge in [-0.1, -0.05) is 97.1 Å². The average Bonchev–Trinajstić information content (AvgIpc) is 2.94. The van der Waals surface area contributed by atoms with Crippen LogP contribution in [0.1, 0.15) is 96.8 Å². The molecule has 0 radical (unpaired) electrons. The van der Waals surface area contributed by atoms with Crippen molar-refractivity contribution in [2.24, 2.45) is 11.8 Å². The van der Waals surface area contributed by atoms with Crippen LogP contribution in [-0.2, 0) is 9.59 Å². The molecular weight excluding hydrogens is 496 g/mol. The molecule has 1 aliphatic rings. The second kappa shape index (κ2) is 18.6. The monoisotopic (exact) mass is 544 g/mol. The average molecular weight is 545 g/mol. The molecule has 1 aromatic carbocycles. The van der Waals surface area contributed by atoms with Crippen LogP contribution in [0.15, 0.2) is 42.5 Å². The summed E-state index contributed by atoms with van der Waals surface area (Å²) in [6.45, 7) is 8.64. The van der Waals surface area contributed by atoms with E-state index in [9.17, 15) is 9.59 Å². The van der Waals surface area contributed by atoms with Crippen LogP contribution in [0.25, 0.3) is 0 Å². The van der Waals surface area contributed by atoms with Crippen molar-refractivity contribution in [2.75, 3.05) is 19.8 Å². The fourth-order valence-corrected chi connectivity index (χ4v) is 4.88. The van der Waals surface area contributed by atoms with Gasteiger partial charge in [0.1, 0.15) is 17.2 Å². The van der Waals surface area contributed by atoms with Crippen molar-refractivity contribution in [3.63, 3.8) is 0 Å². The van der Waals surface area contributed by atoms with Crippen LogP contribution in [0.3, 0.4) is 0 Å². The normalized spacial score (nSPS) is 16.9. The summed E-state index contributed by atoms with van der Waals surface area (Å²) in [6.07, 6.45) is 18.3. The predicted molar refractivity (Wildman–Crippen MR) is 153 cm³/mol. The summed E-state index contributed by atoms with van der Waals surface area (Å²) in [5, 5.41) is 18.3. The zero-order chi connectivity index (χ0) is 28.5. The van der Waals surface area contributed by atoms with E-state index in [1.165, 1.54) is 95.2 Å². The largest absolute Gasteiger partial charge is 0.493 e. The number of aliphatic hydroxyl groups is 2. The van der Waals surface area contributed by atoms with Crippen LogP contribution < -0.4 is 14.2 Å². The van der Waals surface area contributed by atoms with Gasteiger partial charge in [0.05, 0.1) is 31.0 Å². The summed E-state index contributed by atoms with van der Waals surface area (Å²) < 4.78 is 16.6. The van der Waals surface area contributed by atoms with Gasteiger partial charge in [0.15, 0.2) is 0 Å². The SMILES string of the molecule is C=C(CO)C(=O)Oc1cc(OCC2CCC(CCCCCCCCCCC)CC2)cc(OC(=O)C(=C)CO)c1. The van der Waals surface area contributed by atoms with E-state index in [2.05, 4.69) is 20.1 Å². The van der Waals surface area contributed by atoms with Crippen molar-refractivity contribution in [1.29, 1.82) is 0 Å². The molecule has 1 aromatic rings. The molecule has 2 rings (SSSR count). The van der Waals surface area contributed by atoms with E-state index in [1.54, 1.807) is 0 Å². The molecule has 0 saturated heterocycles. The Bertz CT molecular complexity index is 867. The quantitative estimate of drug-likeness (QED) is 0.0864. The summed E-state index contributed by atoms with van der Waals surface area (Å²) in [4.78, 5) is 24.2. The number of hydrogen-bond acceptors (Lipinski definition) is 7. The van der Waals surface area contributed by atoms with E-state index in [4.69, 9.17) is 24.4 Å². The van der Waals surface area contributed by atoms with Gasteiger partial charge >= 0.3 is 11.9 Å². The van der Waals surface area contributed by atoms with Crippen LogP contribution in [0, 0.1) is 11.8 Å². The minimum absolute atomic E-state index is 0.0918. The first-order valence-corrected chi connectivity index (χ1v) is 14.7. The summed E-state index contributed by atoms with van der Waals surface area (Å²) in [5.74, 6) is 0.227. The molecule has 0 heterocycles. The highest BCUT2D eigenvalue weighted by Gasteiger charge is 2.22. The Balaban J connectivity index is 1.80. The molecule has 2 N–H and O–H groups in total. The Hall–Kier alpha value is -2.64. The predicted octanol–water partition coefficient (Wildman–Crippen LogP) is 6.70. The number of ether oxygens (including phenoxy) is 3. The third kappa shape index (κ3) is 12.8. The van der Waals surface area contributed by atoms with Gasteiger partial charge < -0.3 is 24.4 Å². The molecule has 1 fully saturated rings. The van der Waals surface area contributed by atoms with Crippen molar-refractivity contribution in [2.45, 2.75) is 96.8 Å². The topological polar surface area (TPSA) is 102 Å². The lowest BCUT2D eigenvalue weighted by atomic mass is 9.80. The highest BCUT2D eigenvalue weighted by atomic mass is 16.5. The maximum absolute atomic E-state index is 12.1. The number of unbranched alkanes of at least 4 members (excludes halogenated alkanes) is 8. The number of hydrogen-bond donors (Lipinski definition) is 2. The lowest BCUT2D eigenvalue weighted by molar-refractivity contribution is -0.131. The molecule has 39 heavy (non-hydrogen) atoms. The number of carbonyl (C=O) groups excluding carboxylic acids is 2. The van der Waals surface area contributed by atoms with Crippen molar-refractivity contribution < 1.29 is 34.0 Å². The van der Waals surface area contributed by atoms with Crippen LogP contribution in [0.5, 0.6) is 17.2 Å². The van der Waals surface area contributed by atoms with E-state index in [0.29, 0.717) is 18.3 Å². The molecule has 7 nitrogen and oxygen atoms in total. The van der Waals surface area contributed by atoms with Crippen LogP contribution >= 0.6 is 0 Å². The van der Waals surface area contributed by atoms with E-state index in [0.717, 1.165) is 18.8 Å². The third-order valence-electron chi connectivity index (χ3n) is 7.40. The zero-order valence-electron chi connectivity index (χ0n) is 23.8. The molecule has 0 aliphatic heterocycles. The van der Waals surface area contributed by atoms with E-state index in [-0.39, 0.29) is 22.6 Å². The molecule has 218 valence electrons. The number of aliphatic hydroxyl groups excluding tert-OH is 2. The first kappa shape index (κ1) is 32.6. The van der Waals surface area contributed by atoms with Gasteiger partial charge in [-0.3, -0.25) is 0 Å². The standard InChI is InChI=1S/C32H48O7/c1-4-5-6-7-8-9-10-11-12-13-26-14-16-27(17-15-26)23-37-28-18-29(38-31(35)24(2)21-33)20-30(19-28)39-32(36)25(3)22-34/h18-20,26-27,33-34H,2-17,21-23H2,1H3. The number of esters is 2. The Morgan fingerprint density at radius 1 is 0.718 bits per heavy atom. The molecule has 0 bridgehead atoms. The summed E-state index contributed by atoms with van der Waals surface area (Å²) in [6, 6.07) is 4.43. The second-order valence-electron chi connectivity index (χ2n) is 10.8. The van der Waals surface area contributed by atoms with E-state index in [1.807, 2.05) is 0 Å². The van der Waals surface area contributed by atoms with Crippen molar-refractivity contribution >= 4 is 11.9 Å². The Morgan fingerprint density at radius 3 is 1.64 bits per heavy atom. The van der Waals surface area contributed by atoms with Crippen molar-refractivity contribution in [3.8, 4) is 17.2 Å². The third-order valence-corrected chi connectivity index (χ3v) is 7.40. The Labute approximate surface area is 234 Å². The first-order valence-electron chi connectivity index (χ1n) is 14.7. The summed E-state index contributed by atoms with van der Waals surface area (Å²) in [5.41, 5.74) is -0.208. The Morgan fingerprint density at radius 2 is 1.15 bits per heavy atom. The number of carbonyl (C=O) groups is 2. The van der Waals surface area contributed by atoms with E-state index >= 15 is 0 Å². The molecule has 7 heteroatoms. The highest BCUT2D eigenvalue weighted by molar-refractivity contribution is 5.90. The fraction of sp³-hybridized carbons (Fsp3) is 0.625. The minimum atomic E-state index is -0.794. The van der Waals surface area contributed by atoms with Crippen molar-refractivity contribution in [3.05, 3.63) is 42.5 Å². The Kier molecular flexibility index (Phi) is 15.5. The first-order chi connectivity index (χ1) is 18.9. The molecule has 0 amide bonds. The van der Waals surface area contributed by atoms with Crippen molar-refractivity contribution in [1.82, 2.24) is 0 Å². The molecule has 0 aromatic heterocycles. The smallest absolute Gasteiger partial charge is 0.341 e. The number of benzene rings is 1.